The van der Waals surface area contributed by atoms with Crippen LogP contribution in [0.2, 0.25) is 5.02 Å². The van der Waals surface area contributed by atoms with E-state index < -0.39 is 0 Å². The van der Waals surface area contributed by atoms with Gasteiger partial charge in [-0.15, -0.1) is 11.8 Å². The van der Waals surface area contributed by atoms with Crippen LogP contribution in [0.1, 0.15) is 25.8 Å². The van der Waals surface area contributed by atoms with Crippen LogP contribution < -0.4 is 14.8 Å². The number of benzene rings is 2. The number of para-hydroxylation sites is 1. The number of hydrogen-bond donors (Lipinski definition) is 1. The van der Waals surface area contributed by atoms with Crippen LogP contribution in [-0.2, 0) is 4.79 Å². The summed E-state index contributed by atoms with van der Waals surface area (Å²) < 4.78 is 11.1. The number of nitrogens with zero attached hydrogens (tertiary/aromatic N) is 1. The smallest absolute Gasteiger partial charge is 0.248 e. The van der Waals surface area contributed by atoms with Crippen molar-refractivity contribution in [2.75, 3.05) is 18.2 Å². The van der Waals surface area contributed by atoms with Gasteiger partial charge >= 0.3 is 0 Å². The number of nitriles is 1. The third-order valence-electron chi connectivity index (χ3n) is 3.65. The molecule has 0 fully saturated rings. The molecule has 0 aliphatic carbocycles. The van der Waals surface area contributed by atoms with Crippen molar-refractivity contribution in [2.24, 2.45) is 0 Å². The Labute approximate surface area is 180 Å². The monoisotopic (exact) mass is 430 g/mol. The Morgan fingerprint density at radius 1 is 1.34 bits per heavy atom. The lowest BCUT2D eigenvalue weighted by Crippen LogP contribution is -2.09. The molecule has 7 heteroatoms. The minimum absolute atomic E-state index is 0.0420. The van der Waals surface area contributed by atoms with Crippen LogP contribution in [-0.4, -0.2) is 24.9 Å². The van der Waals surface area contributed by atoms with Crippen molar-refractivity contribution in [1.82, 2.24) is 0 Å². The molecule has 2 aromatic rings. The average molecular weight is 431 g/mol. The van der Waals surface area contributed by atoms with Gasteiger partial charge in [-0.2, -0.15) is 5.26 Å². The minimum atomic E-state index is -0.268. The summed E-state index contributed by atoms with van der Waals surface area (Å²) in [6.45, 7) is 3.81. The lowest BCUT2D eigenvalue weighted by molar-refractivity contribution is -0.111. The van der Waals surface area contributed by atoms with Crippen LogP contribution in [0.5, 0.6) is 11.5 Å². The standard InChI is InChI=1S/C22H23ClN2O3S/c1-15(2)28-22-17(23)13-16(14-19(22)27-3)9-10-21(26)25-18-7-4-5-8-20(18)29-12-6-11-24/h4-5,7-10,13-15H,6,12H2,1-3H3,(H,25,26). The SMILES string of the molecule is COc1cc(C=CC(=O)Nc2ccccc2SCCC#N)cc(Cl)c1OC(C)C. The van der Waals surface area contributed by atoms with E-state index in [0.29, 0.717) is 34.4 Å². The first-order valence-electron chi connectivity index (χ1n) is 9.06. The van der Waals surface area contributed by atoms with Gasteiger partial charge in [-0.25, -0.2) is 0 Å². The van der Waals surface area contributed by atoms with Crippen molar-refractivity contribution in [3.63, 3.8) is 0 Å². The molecular formula is C22H23ClN2O3S. The second-order valence-corrected chi connectivity index (χ2v) is 7.82. The largest absolute Gasteiger partial charge is 0.493 e. The van der Waals surface area contributed by atoms with Gasteiger partial charge in [-0.05, 0) is 49.8 Å². The van der Waals surface area contributed by atoms with Gasteiger partial charge in [0.25, 0.3) is 0 Å². The normalized spacial score (nSPS) is 10.8. The zero-order valence-corrected chi connectivity index (χ0v) is 18.1. The highest BCUT2D eigenvalue weighted by atomic mass is 35.5. The Kier molecular flexibility index (Phi) is 8.91. The maximum Gasteiger partial charge on any atom is 0.248 e. The predicted molar refractivity (Wildman–Crippen MR) is 119 cm³/mol. The van der Waals surface area contributed by atoms with Gasteiger partial charge in [-0.1, -0.05) is 23.7 Å². The molecule has 0 aromatic heterocycles. The molecule has 0 aliphatic rings. The fourth-order valence-corrected chi connectivity index (χ4v) is 3.56. The highest BCUT2D eigenvalue weighted by Crippen LogP contribution is 2.37. The number of nitrogens with one attached hydrogen (secondary N) is 1. The van der Waals surface area contributed by atoms with E-state index in [0.717, 1.165) is 10.5 Å². The van der Waals surface area contributed by atoms with E-state index in [9.17, 15) is 4.79 Å². The number of methoxy groups -OCH3 is 1. The van der Waals surface area contributed by atoms with Crippen LogP contribution in [0.3, 0.4) is 0 Å². The van der Waals surface area contributed by atoms with E-state index in [1.54, 1.807) is 25.3 Å². The van der Waals surface area contributed by atoms with E-state index in [-0.39, 0.29) is 12.0 Å². The zero-order valence-electron chi connectivity index (χ0n) is 16.6. The Balaban J connectivity index is 2.12. The number of ether oxygens (including phenoxy) is 2. The summed E-state index contributed by atoms with van der Waals surface area (Å²) in [5, 5.41) is 12.0. The molecule has 0 bridgehead atoms. The van der Waals surface area contributed by atoms with Crippen LogP contribution >= 0.6 is 23.4 Å². The lowest BCUT2D eigenvalue weighted by Gasteiger charge is -2.15. The topological polar surface area (TPSA) is 71.3 Å². The average Bonchev–Trinajstić information content (AvgIpc) is 2.69. The lowest BCUT2D eigenvalue weighted by atomic mass is 10.1. The number of rotatable bonds is 9. The molecule has 152 valence electrons. The van der Waals surface area contributed by atoms with Gasteiger partial charge in [0.2, 0.25) is 5.91 Å². The van der Waals surface area contributed by atoms with E-state index in [1.807, 2.05) is 38.1 Å². The van der Waals surface area contributed by atoms with Gasteiger partial charge in [-0.3, -0.25) is 4.79 Å². The van der Waals surface area contributed by atoms with Gasteiger partial charge < -0.3 is 14.8 Å². The second-order valence-electron chi connectivity index (χ2n) is 6.28. The molecule has 1 N–H and O–H groups in total. The van der Waals surface area contributed by atoms with Crippen molar-refractivity contribution in [2.45, 2.75) is 31.3 Å². The first-order valence-corrected chi connectivity index (χ1v) is 10.4. The van der Waals surface area contributed by atoms with Crippen molar-refractivity contribution in [3.8, 4) is 17.6 Å². The van der Waals surface area contributed by atoms with E-state index >= 15 is 0 Å². The Morgan fingerprint density at radius 2 is 2.10 bits per heavy atom. The summed E-state index contributed by atoms with van der Waals surface area (Å²) >= 11 is 7.85. The third kappa shape index (κ3) is 7.04. The van der Waals surface area contributed by atoms with E-state index in [1.165, 1.54) is 17.8 Å². The molecule has 1 amide bonds. The molecule has 2 aromatic carbocycles. The Hall–Kier alpha value is -2.62. The third-order valence-corrected chi connectivity index (χ3v) is 5.00. The number of anilines is 1. The highest BCUT2D eigenvalue weighted by Gasteiger charge is 2.13. The maximum absolute atomic E-state index is 12.4. The molecule has 0 radical (unpaired) electrons. The van der Waals surface area contributed by atoms with E-state index in [2.05, 4.69) is 11.4 Å². The molecule has 0 saturated heterocycles. The van der Waals surface area contributed by atoms with Crippen molar-refractivity contribution in [1.29, 1.82) is 5.26 Å². The molecular weight excluding hydrogens is 408 g/mol. The summed E-state index contributed by atoms with van der Waals surface area (Å²) in [7, 11) is 1.54. The number of halogens is 1. The van der Waals surface area contributed by atoms with Crippen LogP contribution in [0.25, 0.3) is 6.08 Å². The number of hydrogen-bond acceptors (Lipinski definition) is 5. The summed E-state index contributed by atoms with van der Waals surface area (Å²) in [5.74, 6) is 1.39. The summed E-state index contributed by atoms with van der Waals surface area (Å²) in [5.41, 5.74) is 1.43. The molecule has 2 rings (SSSR count). The number of carbonyl (C=O) groups is 1. The summed E-state index contributed by atoms with van der Waals surface area (Å²) in [4.78, 5) is 13.3. The van der Waals surface area contributed by atoms with Gasteiger partial charge in [0, 0.05) is 23.1 Å². The number of thioether (sulfide) groups is 1. The van der Waals surface area contributed by atoms with Crippen LogP contribution in [0.4, 0.5) is 5.69 Å². The molecule has 0 aliphatic heterocycles. The quantitative estimate of drug-likeness (QED) is 0.309. The molecule has 0 saturated carbocycles. The molecule has 5 nitrogen and oxygen atoms in total. The summed E-state index contributed by atoms with van der Waals surface area (Å²) in [6.07, 6.45) is 3.50. The fourth-order valence-electron chi connectivity index (χ4n) is 2.43. The Morgan fingerprint density at radius 3 is 2.79 bits per heavy atom. The Bertz CT molecular complexity index is 923. The van der Waals surface area contributed by atoms with Gasteiger partial charge in [0.05, 0.1) is 30.0 Å². The number of carbonyl (C=O) groups excluding carboxylic acids is 1. The zero-order chi connectivity index (χ0) is 21.2. The summed E-state index contributed by atoms with van der Waals surface area (Å²) in [6, 6.07) is 13.1. The molecule has 29 heavy (non-hydrogen) atoms. The minimum Gasteiger partial charge on any atom is -0.493 e. The van der Waals surface area contributed by atoms with Crippen molar-refractivity contribution >= 4 is 41.0 Å². The van der Waals surface area contributed by atoms with Crippen LogP contribution in [0, 0.1) is 11.3 Å². The molecule has 0 heterocycles. The molecule has 0 atom stereocenters. The molecule has 0 unspecified atom stereocenters. The van der Waals surface area contributed by atoms with Crippen molar-refractivity contribution < 1.29 is 14.3 Å². The predicted octanol–water partition coefficient (Wildman–Crippen LogP) is 5.79. The first kappa shape index (κ1) is 22.7. The number of amides is 1. The van der Waals surface area contributed by atoms with Crippen molar-refractivity contribution in [3.05, 3.63) is 53.1 Å². The van der Waals surface area contributed by atoms with Crippen LogP contribution in [0.15, 0.2) is 47.4 Å². The van der Waals surface area contributed by atoms with Gasteiger partial charge in [0.1, 0.15) is 0 Å². The fraction of sp³-hybridized carbons (Fsp3) is 0.273. The molecule has 0 spiro atoms. The maximum atomic E-state index is 12.4. The highest BCUT2D eigenvalue weighted by molar-refractivity contribution is 7.99. The van der Waals surface area contributed by atoms with E-state index in [4.69, 9.17) is 26.3 Å². The first-order chi connectivity index (χ1) is 13.9. The van der Waals surface area contributed by atoms with Gasteiger partial charge in [0.15, 0.2) is 11.5 Å². The second kappa shape index (κ2) is 11.4.